The van der Waals surface area contributed by atoms with Crippen LogP contribution in [0.3, 0.4) is 0 Å². The van der Waals surface area contributed by atoms with Crippen LogP contribution in [0.15, 0.2) is 30.3 Å². The second-order valence-electron chi connectivity index (χ2n) is 8.51. The maximum Gasteiger partial charge on any atom is 0.226 e. The van der Waals surface area contributed by atoms with Crippen molar-refractivity contribution in [3.8, 4) is 0 Å². The van der Waals surface area contributed by atoms with E-state index in [0.717, 1.165) is 64.3 Å². The molecule has 1 unspecified atom stereocenters. The molecular weight excluding hydrogens is 322 g/mol. The molecule has 1 amide bonds. The molecule has 0 spiro atoms. The van der Waals surface area contributed by atoms with E-state index in [1.54, 1.807) is 0 Å². The minimum absolute atomic E-state index is 0.198. The van der Waals surface area contributed by atoms with Crippen LogP contribution in [0.4, 0.5) is 0 Å². The average Bonchev–Trinajstić information content (AvgIpc) is 3.52. The Bertz CT molecular complexity index is 578. The van der Waals surface area contributed by atoms with E-state index in [1.165, 1.54) is 24.9 Å². The predicted octanol–water partition coefficient (Wildman–Crippen LogP) is 2.89. The van der Waals surface area contributed by atoms with Crippen LogP contribution in [0, 0.1) is 11.8 Å². The summed E-state index contributed by atoms with van der Waals surface area (Å²) in [6, 6.07) is 11.3. The van der Waals surface area contributed by atoms with Crippen LogP contribution in [0.1, 0.15) is 44.1 Å². The number of carbonyl (C=O) groups is 1. The molecule has 2 aliphatic heterocycles. The number of carbonyl (C=O) groups excluding carboxylic acids is 1. The van der Waals surface area contributed by atoms with Crippen LogP contribution in [0.2, 0.25) is 0 Å². The van der Waals surface area contributed by atoms with E-state index >= 15 is 0 Å². The van der Waals surface area contributed by atoms with Gasteiger partial charge in [0.05, 0.1) is 5.92 Å². The van der Waals surface area contributed by atoms with Crippen LogP contribution in [0.5, 0.6) is 0 Å². The fourth-order valence-electron chi connectivity index (χ4n) is 4.46. The number of benzene rings is 1. The Kier molecular flexibility index (Phi) is 5.91. The maximum absolute atomic E-state index is 13.0. The lowest BCUT2D eigenvalue weighted by atomic mass is 9.94. The predicted molar refractivity (Wildman–Crippen MR) is 105 cm³/mol. The highest BCUT2D eigenvalue weighted by atomic mass is 16.2. The van der Waals surface area contributed by atoms with Gasteiger partial charge in [0.2, 0.25) is 5.91 Å². The molecule has 2 saturated heterocycles. The molecule has 0 radical (unpaired) electrons. The van der Waals surface area contributed by atoms with Crippen LogP contribution in [-0.4, -0.2) is 54.5 Å². The van der Waals surface area contributed by atoms with Gasteiger partial charge < -0.3 is 10.2 Å². The van der Waals surface area contributed by atoms with Crippen LogP contribution in [0.25, 0.3) is 0 Å². The van der Waals surface area contributed by atoms with Gasteiger partial charge in [-0.05, 0) is 63.1 Å². The van der Waals surface area contributed by atoms with Crippen LogP contribution >= 0.6 is 0 Å². The Balaban J connectivity index is 1.23. The van der Waals surface area contributed by atoms with Crippen LogP contribution in [-0.2, 0) is 11.3 Å². The maximum atomic E-state index is 13.0. The Morgan fingerprint density at radius 3 is 2.50 bits per heavy atom. The Morgan fingerprint density at radius 1 is 1.00 bits per heavy atom. The van der Waals surface area contributed by atoms with Gasteiger partial charge in [-0.15, -0.1) is 0 Å². The molecular formula is C22H33N3O. The Morgan fingerprint density at radius 2 is 1.77 bits per heavy atom. The summed E-state index contributed by atoms with van der Waals surface area (Å²) < 4.78 is 0. The molecule has 1 aromatic carbocycles. The van der Waals surface area contributed by atoms with Gasteiger partial charge in [0.25, 0.3) is 0 Å². The number of hydrogen-bond acceptors (Lipinski definition) is 3. The quantitative estimate of drug-likeness (QED) is 0.852. The molecule has 3 fully saturated rings. The highest BCUT2D eigenvalue weighted by Crippen LogP contribution is 2.28. The van der Waals surface area contributed by atoms with Gasteiger partial charge in [-0.3, -0.25) is 9.69 Å². The normalized spacial score (nSPS) is 25.4. The van der Waals surface area contributed by atoms with E-state index in [2.05, 4.69) is 45.4 Å². The van der Waals surface area contributed by atoms with E-state index in [1.807, 2.05) is 0 Å². The summed E-state index contributed by atoms with van der Waals surface area (Å²) in [5.74, 6) is 1.54. The number of likely N-dealkylation sites (tertiary alicyclic amines) is 2. The Labute approximate surface area is 157 Å². The van der Waals surface area contributed by atoms with Gasteiger partial charge in [-0.25, -0.2) is 0 Å². The van der Waals surface area contributed by atoms with Crippen molar-refractivity contribution in [3.63, 3.8) is 0 Å². The fourth-order valence-corrected chi connectivity index (χ4v) is 4.46. The molecule has 1 aromatic rings. The smallest absolute Gasteiger partial charge is 0.226 e. The first-order chi connectivity index (χ1) is 12.8. The van der Waals surface area contributed by atoms with Crippen molar-refractivity contribution >= 4 is 5.91 Å². The zero-order valence-corrected chi connectivity index (χ0v) is 15.9. The molecule has 4 nitrogen and oxygen atoms in total. The number of nitrogens with one attached hydrogen (secondary N) is 1. The molecule has 3 aliphatic rings. The second kappa shape index (κ2) is 8.53. The first kappa shape index (κ1) is 18.0. The van der Waals surface area contributed by atoms with Crippen molar-refractivity contribution in [2.24, 2.45) is 11.8 Å². The SMILES string of the molecule is O=C(C1CCCN(Cc2ccccc2)C1)N1CCC(NCC2CC2)CC1. The number of amides is 1. The molecule has 26 heavy (non-hydrogen) atoms. The third-order valence-electron chi connectivity index (χ3n) is 6.30. The Hall–Kier alpha value is -1.39. The highest BCUT2D eigenvalue weighted by molar-refractivity contribution is 5.79. The average molecular weight is 356 g/mol. The molecule has 142 valence electrons. The molecule has 1 saturated carbocycles. The summed E-state index contributed by atoms with van der Waals surface area (Å²) in [6.07, 6.45) is 7.27. The monoisotopic (exact) mass is 355 g/mol. The number of rotatable bonds is 6. The standard InChI is InChI=1S/C22H33N3O/c26-22(25-13-10-21(11-14-25)23-15-18-8-9-18)20-7-4-12-24(17-20)16-19-5-2-1-3-6-19/h1-3,5-6,18,20-21,23H,4,7-17H2. The minimum atomic E-state index is 0.198. The summed E-state index contributed by atoms with van der Waals surface area (Å²) in [5.41, 5.74) is 1.35. The molecule has 2 heterocycles. The van der Waals surface area contributed by atoms with E-state index in [-0.39, 0.29) is 5.92 Å². The summed E-state index contributed by atoms with van der Waals surface area (Å²) in [5, 5.41) is 3.71. The summed E-state index contributed by atoms with van der Waals surface area (Å²) >= 11 is 0. The van der Waals surface area contributed by atoms with Crippen molar-refractivity contribution in [2.45, 2.75) is 51.1 Å². The number of nitrogens with zero attached hydrogens (tertiary/aromatic N) is 2. The summed E-state index contributed by atoms with van der Waals surface area (Å²) in [7, 11) is 0. The zero-order chi connectivity index (χ0) is 17.8. The van der Waals surface area contributed by atoms with Gasteiger partial charge in [-0.2, -0.15) is 0 Å². The third kappa shape index (κ3) is 4.86. The lowest BCUT2D eigenvalue weighted by Gasteiger charge is -2.38. The van der Waals surface area contributed by atoms with Gasteiger partial charge >= 0.3 is 0 Å². The van der Waals surface area contributed by atoms with Crippen molar-refractivity contribution in [3.05, 3.63) is 35.9 Å². The third-order valence-corrected chi connectivity index (χ3v) is 6.30. The molecule has 1 N–H and O–H groups in total. The first-order valence-electron chi connectivity index (χ1n) is 10.6. The van der Waals surface area contributed by atoms with E-state index in [0.29, 0.717) is 11.9 Å². The molecule has 0 aromatic heterocycles. The topological polar surface area (TPSA) is 35.6 Å². The van der Waals surface area contributed by atoms with Gasteiger partial charge in [0.15, 0.2) is 0 Å². The molecule has 0 bridgehead atoms. The summed E-state index contributed by atoms with van der Waals surface area (Å²) in [4.78, 5) is 17.6. The van der Waals surface area contributed by atoms with Gasteiger partial charge in [-0.1, -0.05) is 30.3 Å². The first-order valence-corrected chi connectivity index (χ1v) is 10.6. The fraction of sp³-hybridized carbons (Fsp3) is 0.682. The minimum Gasteiger partial charge on any atom is -0.342 e. The zero-order valence-electron chi connectivity index (χ0n) is 15.9. The second-order valence-corrected chi connectivity index (χ2v) is 8.51. The van der Waals surface area contributed by atoms with Gasteiger partial charge in [0.1, 0.15) is 0 Å². The van der Waals surface area contributed by atoms with E-state index in [4.69, 9.17) is 0 Å². The molecule has 1 atom stereocenters. The van der Waals surface area contributed by atoms with E-state index < -0.39 is 0 Å². The number of hydrogen-bond donors (Lipinski definition) is 1. The van der Waals surface area contributed by atoms with Crippen molar-refractivity contribution in [1.29, 1.82) is 0 Å². The van der Waals surface area contributed by atoms with Gasteiger partial charge in [0, 0.05) is 32.2 Å². The van der Waals surface area contributed by atoms with Crippen LogP contribution < -0.4 is 5.32 Å². The highest BCUT2D eigenvalue weighted by Gasteiger charge is 2.32. The number of piperidine rings is 2. The largest absolute Gasteiger partial charge is 0.342 e. The molecule has 4 rings (SSSR count). The van der Waals surface area contributed by atoms with Crippen molar-refractivity contribution in [2.75, 3.05) is 32.7 Å². The van der Waals surface area contributed by atoms with E-state index in [9.17, 15) is 4.79 Å². The van der Waals surface area contributed by atoms with Crippen molar-refractivity contribution in [1.82, 2.24) is 15.1 Å². The lowest BCUT2D eigenvalue weighted by Crippen LogP contribution is -2.49. The lowest BCUT2D eigenvalue weighted by molar-refractivity contribution is -0.138. The molecule has 4 heteroatoms. The van der Waals surface area contributed by atoms with Crippen molar-refractivity contribution < 1.29 is 4.79 Å². The summed E-state index contributed by atoms with van der Waals surface area (Å²) in [6.45, 7) is 6.08. The molecule has 1 aliphatic carbocycles.